The lowest BCUT2D eigenvalue weighted by Crippen LogP contribution is -2.00. The Labute approximate surface area is 96.1 Å². The van der Waals surface area contributed by atoms with Crippen LogP contribution in [-0.2, 0) is 0 Å². The molecule has 0 amide bonds. The molecule has 0 saturated carbocycles. The molecule has 0 fully saturated rings. The summed E-state index contributed by atoms with van der Waals surface area (Å²) >= 11 is 0. The summed E-state index contributed by atoms with van der Waals surface area (Å²) in [5.74, 6) is 0.315. The van der Waals surface area contributed by atoms with E-state index in [1.807, 2.05) is 12.3 Å². The maximum atomic E-state index is 4.07. The second kappa shape index (κ2) is 4.35. The van der Waals surface area contributed by atoms with Gasteiger partial charge in [0.1, 0.15) is 0 Å². The van der Waals surface area contributed by atoms with Crippen molar-refractivity contribution in [3.05, 3.63) is 59.7 Å². The Morgan fingerprint density at radius 2 is 2.25 bits per heavy atom. The molecule has 2 aromatic rings. The van der Waals surface area contributed by atoms with Gasteiger partial charge in [-0.2, -0.15) is 0 Å². The van der Waals surface area contributed by atoms with E-state index in [0.29, 0.717) is 5.92 Å². The first-order chi connectivity index (χ1) is 7.74. The average molecular weight is 212 g/mol. The van der Waals surface area contributed by atoms with Crippen molar-refractivity contribution in [2.24, 2.45) is 0 Å². The number of rotatable bonds is 3. The number of H-pyrrole nitrogens is 1. The van der Waals surface area contributed by atoms with Gasteiger partial charge in [-0.25, -0.2) is 4.98 Å². The fourth-order valence-electron chi connectivity index (χ4n) is 2.03. The van der Waals surface area contributed by atoms with E-state index in [1.54, 1.807) is 6.33 Å². The third-order valence-electron chi connectivity index (χ3n) is 3.01. The van der Waals surface area contributed by atoms with Gasteiger partial charge in [0.2, 0.25) is 0 Å². The summed E-state index contributed by atoms with van der Waals surface area (Å²) in [4.78, 5) is 7.23. The molecule has 1 atom stereocenters. The third-order valence-corrected chi connectivity index (χ3v) is 3.01. The van der Waals surface area contributed by atoms with Crippen molar-refractivity contribution in [3.63, 3.8) is 0 Å². The van der Waals surface area contributed by atoms with Gasteiger partial charge >= 0.3 is 0 Å². The van der Waals surface area contributed by atoms with Crippen LogP contribution in [0.1, 0.15) is 35.2 Å². The molecule has 1 unspecified atom stereocenters. The second-order valence-electron chi connectivity index (χ2n) is 4.01. The molecule has 2 nitrogen and oxygen atoms in total. The first kappa shape index (κ1) is 10.7. The van der Waals surface area contributed by atoms with Gasteiger partial charge in [0.05, 0.1) is 6.33 Å². The summed E-state index contributed by atoms with van der Waals surface area (Å²) in [5, 5.41) is 0. The molecule has 0 saturated heterocycles. The molecule has 2 heteroatoms. The molecule has 0 bridgehead atoms. The van der Waals surface area contributed by atoms with Crippen LogP contribution in [0.15, 0.2) is 37.3 Å². The van der Waals surface area contributed by atoms with Crippen LogP contribution in [0.2, 0.25) is 0 Å². The van der Waals surface area contributed by atoms with Gasteiger partial charge in [-0.3, -0.25) is 0 Å². The number of nitrogens with one attached hydrogen (secondary N) is 1. The van der Waals surface area contributed by atoms with Crippen molar-refractivity contribution in [3.8, 4) is 0 Å². The number of nitrogens with zero attached hydrogens (tertiary/aromatic N) is 1. The Hall–Kier alpha value is -1.83. The van der Waals surface area contributed by atoms with Crippen LogP contribution in [0.3, 0.4) is 0 Å². The topological polar surface area (TPSA) is 28.7 Å². The van der Waals surface area contributed by atoms with Crippen LogP contribution in [0.4, 0.5) is 0 Å². The number of benzene rings is 1. The Morgan fingerprint density at radius 3 is 2.88 bits per heavy atom. The van der Waals surface area contributed by atoms with Crippen molar-refractivity contribution in [2.45, 2.75) is 19.8 Å². The van der Waals surface area contributed by atoms with E-state index in [9.17, 15) is 0 Å². The maximum absolute atomic E-state index is 4.07. The zero-order valence-corrected chi connectivity index (χ0v) is 9.70. The van der Waals surface area contributed by atoms with Crippen LogP contribution in [0.5, 0.6) is 0 Å². The van der Waals surface area contributed by atoms with Crippen molar-refractivity contribution in [1.82, 2.24) is 9.97 Å². The Morgan fingerprint density at radius 1 is 1.44 bits per heavy atom. The highest BCUT2D eigenvalue weighted by atomic mass is 14.9. The lowest BCUT2D eigenvalue weighted by molar-refractivity contribution is 0.879. The minimum atomic E-state index is 0.315. The molecule has 0 spiro atoms. The van der Waals surface area contributed by atoms with Gasteiger partial charge in [-0.1, -0.05) is 37.8 Å². The van der Waals surface area contributed by atoms with Gasteiger partial charge in [0.25, 0.3) is 0 Å². The van der Waals surface area contributed by atoms with Gasteiger partial charge in [-0.05, 0) is 23.6 Å². The number of hydrogen-bond donors (Lipinski definition) is 1. The Bertz CT molecular complexity index is 483. The predicted molar refractivity (Wildman–Crippen MR) is 67.4 cm³/mol. The molecule has 1 heterocycles. The molecule has 82 valence electrons. The van der Waals surface area contributed by atoms with Gasteiger partial charge < -0.3 is 4.98 Å². The highest BCUT2D eigenvalue weighted by Gasteiger charge is 2.13. The minimum absolute atomic E-state index is 0.315. The van der Waals surface area contributed by atoms with Gasteiger partial charge in [-0.15, -0.1) is 0 Å². The fourth-order valence-corrected chi connectivity index (χ4v) is 2.03. The van der Waals surface area contributed by atoms with E-state index in [-0.39, 0.29) is 0 Å². The smallest absolute Gasteiger partial charge is 0.0921 e. The molecular formula is C14H16N2. The molecule has 16 heavy (non-hydrogen) atoms. The van der Waals surface area contributed by atoms with Crippen molar-refractivity contribution in [1.29, 1.82) is 0 Å². The van der Waals surface area contributed by atoms with E-state index in [0.717, 1.165) is 5.69 Å². The van der Waals surface area contributed by atoms with Crippen LogP contribution in [0.25, 0.3) is 6.08 Å². The minimum Gasteiger partial charge on any atom is -0.348 e. The second-order valence-corrected chi connectivity index (χ2v) is 4.01. The number of aromatic nitrogens is 2. The fraction of sp³-hybridized carbons (Fsp3) is 0.214. The normalized spacial score (nSPS) is 12.4. The molecule has 0 aliphatic carbocycles. The summed E-state index contributed by atoms with van der Waals surface area (Å²) in [6, 6.07) is 6.35. The monoisotopic (exact) mass is 212 g/mol. The van der Waals surface area contributed by atoms with E-state index >= 15 is 0 Å². The number of aryl methyl sites for hydroxylation is 1. The average Bonchev–Trinajstić information content (AvgIpc) is 2.81. The van der Waals surface area contributed by atoms with Crippen molar-refractivity contribution in [2.75, 3.05) is 0 Å². The van der Waals surface area contributed by atoms with Gasteiger partial charge in [0.15, 0.2) is 0 Å². The lowest BCUT2D eigenvalue weighted by atomic mass is 9.91. The quantitative estimate of drug-likeness (QED) is 0.828. The van der Waals surface area contributed by atoms with Crippen molar-refractivity contribution >= 4 is 6.08 Å². The van der Waals surface area contributed by atoms with E-state index < -0.39 is 0 Å². The summed E-state index contributed by atoms with van der Waals surface area (Å²) in [5.41, 5.74) is 4.91. The summed E-state index contributed by atoms with van der Waals surface area (Å²) in [6.45, 7) is 8.18. The number of imidazole rings is 1. The summed E-state index contributed by atoms with van der Waals surface area (Å²) in [6.07, 6.45) is 5.52. The molecule has 0 aliphatic heterocycles. The highest BCUT2D eigenvalue weighted by Crippen LogP contribution is 2.27. The molecule has 0 aliphatic rings. The van der Waals surface area contributed by atoms with Crippen LogP contribution in [0, 0.1) is 6.92 Å². The first-order valence-electron chi connectivity index (χ1n) is 5.44. The maximum Gasteiger partial charge on any atom is 0.0921 e. The Balaban J connectivity index is 2.48. The molecule has 0 radical (unpaired) electrons. The zero-order valence-electron chi connectivity index (χ0n) is 9.70. The standard InChI is InChI=1S/C14H16N2/c1-4-12-10(2)6-5-7-13(12)11(3)14-8-15-9-16-14/h4-9,11H,1H2,2-3H3,(H,15,16). The Kier molecular flexibility index (Phi) is 2.91. The summed E-state index contributed by atoms with van der Waals surface area (Å²) in [7, 11) is 0. The van der Waals surface area contributed by atoms with E-state index in [4.69, 9.17) is 0 Å². The van der Waals surface area contributed by atoms with E-state index in [2.05, 4.69) is 48.6 Å². The first-order valence-corrected chi connectivity index (χ1v) is 5.44. The molecule has 1 N–H and O–H groups in total. The van der Waals surface area contributed by atoms with Crippen LogP contribution in [-0.4, -0.2) is 9.97 Å². The third kappa shape index (κ3) is 1.78. The molecular weight excluding hydrogens is 196 g/mol. The van der Waals surface area contributed by atoms with Crippen molar-refractivity contribution < 1.29 is 0 Å². The number of aromatic amines is 1. The highest BCUT2D eigenvalue weighted by molar-refractivity contribution is 5.58. The molecule has 2 rings (SSSR count). The molecule has 1 aromatic heterocycles. The summed E-state index contributed by atoms with van der Waals surface area (Å²) < 4.78 is 0. The van der Waals surface area contributed by atoms with Gasteiger partial charge in [0, 0.05) is 17.8 Å². The zero-order chi connectivity index (χ0) is 11.5. The SMILES string of the molecule is C=Cc1c(C)cccc1C(C)c1cnc[nH]1. The lowest BCUT2D eigenvalue weighted by Gasteiger charge is -2.15. The molecule has 1 aromatic carbocycles. The predicted octanol–water partition coefficient (Wildman–Crippen LogP) is 3.51. The van der Waals surface area contributed by atoms with E-state index in [1.165, 1.54) is 16.7 Å². The van der Waals surface area contributed by atoms with Crippen LogP contribution >= 0.6 is 0 Å². The largest absolute Gasteiger partial charge is 0.348 e. The van der Waals surface area contributed by atoms with Crippen LogP contribution < -0.4 is 0 Å². The number of hydrogen-bond acceptors (Lipinski definition) is 1.